The van der Waals surface area contributed by atoms with Crippen molar-refractivity contribution in [3.8, 4) is 6.07 Å². The summed E-state index contributed by atoms with van der Waals surface area (Å²) in [5.41, 5.74) is 1.39. The Hall–Kier alpha value is -3.13. The molecule has 0 radical (unpaired) electrons. The maximum Gasteiger partial charge on any atom is 0.453 e. The number of para-hydroxylation sites is 1. The van der Waals surface area contributed by atoms with Gasteiger partial charge in [0.25, 0.3) is 0 Å². The molecule has 0 aliphatic carbocycles. The van der Waals surface area contributed by atoms with E-state index in [9.17, 15) is 22.0 Å². The van der Waals surface area contributed by atoms with Gasteiger partial charge in [-0.05, 0) is 24.3 Å². The molecule has 1 aromatic heterocycles. The number of rotatable bonds is 8. The minimum Gasteiger partial charge on any atom is -0.368 e. The van der Waals surface area contributed by atoms with E-state index in [0.29, 0.717) is 26.7 Å². The number of hydrogen-bond acceptors (Lipinski definition) is 6. The summed E-state index contributed by atoms with van der Waals surface area (Å²) in [4.78, 5) is 5.70. The van der Waals surface area contributed by atoms with Gasteiger partial charge in [-0.3, -0.25) is 0 Å². The third kappa shape index (κ3) is 5.52. The Balaban J connectivity index is 1.89. The minimum atomic E-state index is -5.63. The van der Waals surface area contributed by atoms with Crippen LogP contribution in [0.3, 0.4) is 0 Å². The second-order valence-electron chi connectivity index (χ2n) is 6.50. The zero-order chi connectivity index (χ0) is 22.5. The van der Waals surface area contributed by atoms with Crippen LogP contribution in [0.15, 0.2) is 58.8 Å². The number of alkyl halides is 5. The predicted molar refractivity (Wildman–Crippen MR) is 108 cm³/mol. The smallest absolute Gasteiger partial charge is 0.368 e. The topological polar surface area (TPSA) is 64.6 Å². The molecule has 2 aromatic carbocycles. The molecule has 0 aliphatic rings. The zero-order valence-corrected chi connectivity index (χ0v) is 16.8. The second kappa shape index (κ2) is 9.34. The largest absolute Gasteiger partial charge is 0.453 e. The van der Waals surface area contributed by atoms with Gasteiger partial charge in [0.1, 0.15) is 5.52 Å². The van der Waals surface area contributed by atoms with Crippen LogP contribution in [-0.4, -0.2) is 30.2 Å². The van der Waals surface area contributed by atoms with Crippen molar-refractivity contribution in [3.63, 3.8) is 0 Å². The number of aromatic nitrogens is 1. The first kappa shape index (κ1) is 22.6. The standard InChI is InChI=1S/C20H16F5N5S/c21-19(22,20(23,24)25)10-13-30(12-5-11-26)15-8-4-9-16-17(15)27-18(31-16)29-28-14-6-2-1-3-7-14/h1-4,6-9H,5,10,12-13H2. The Morgan fingerprint density at radius 1 is 0.968 bits per heavy atom. The molecule has 1 heterocycles. The summed E-state index contributed by atoms with van der Waals surface area (Å²) >= 11 is 1.21. The quantitative estimate of drug-likeness (QED) is 0.272. The molecule has 5 nitrogen and oxygen atoms in total. The van der Waals surface area contributed by atoms with Gasteiger partial charge in [0.2, 0.25) is 5.13 Å². The highest BCUT2D eigenvalue weighted by molar-refractivity contribution is 7.22. The maximum atomic E-state index is 13.5. The number of fused-ring (bicyclic) bond motifs is 1. The number of thiazole rings is 1. The van der Waals surface area contributed by atoms with Gasteiger partial charge in [-0.25, -0.2) is 4.98 Å². The minimum absolute atomic E-state index is 0.0120. The summed E-state index contributed by atoms with van der Waals surface area (Å²) in [5.74, 6) is -4.83. The molecule has 31 heavy (non-hydrogen) atoms. The summed E-state index contributed by atoms with van der Waals surface area (Å²) in [6.45, 7) is -0.604. The summed E-state index contributed by atoms with van der Waals surface area (Å²) < 4.78 is 65.3. The molecule has 11 heteroatoms. The highest BCUT2D eigenvalue weighted by Crippen LogP contribution is 2.39. The van der Waals surface area contributed by atoms with Crippen LogP contribution in [0.5, 0.6) is 0 Å². The van der Waals surface area contributed by atoms with Gasteiger partial charge in [0, 0.05) is 19.5 Å². The van der Waals surface area contributed by atoms with Gasteiger partial charge >= 0.3 is 12.1 Å². The van der Waals surface area contributed by atoms with Crippen molar-refractivity contribution in [2.45, 2.75) is 24.9 Å². The number of azo groups is 1. The normalized spacial score (nSPS) is 12.4. The van der Waals surface area contributed by atoms with Crippen molar-refractivity contribution in [2.24, 2.45) is 10.2 Å². The molecule has 0 saturated carbocycles. The number of nitriles is 1. The van der Waals surface area contributed by atoms with Crippen LogP contribution < -0.4 is 4.90 Å². The molecule has 3 aromatic rings. The summed E-state index contributed by atoms with van der Waals surface area (Å²) in [7, 11) is 0. The molecule has 0 saturated heterocycles. The van der Waals surface area contributed by atoms with E-state index in [1.54, 1.807) is 42.5 Å². The monoisotopic (exact) mass is 453 g/mol. The van der Waals surface area contributed by atoms with Crippen LogP contribution in [0.2, 0.25) is 0 Å². The van der Waals surface area contributed by atoms with E-state index >= 15 is 0 Å². The van der Waals surface area contributed by atoms with Gasteiger partial charge < -0.3 is 4.90 Å². The lowest BCUT2D eigenvalue weighted by Crippen LogP contribution is -2.40. The zero-order valence-electron chi connectivity index (χ0n) is 16.0. The Kier molecular flexibility index (Phi) is 6.80. The van der Waals surface area contributed by atoms with Crippen molar-refractivity contribution >= 4 is 38.1 Å². The molecule has 0 spiro atoms. The van der Waals surface area contributed by atoms with Crippen molar-refractivity contribution in [2.75, 3.05) is 18.0 Å². The molecule has 0 bridgehead atoms. The molecule has 0 unspecified atom stereocenters. The number of benzene rings is 2. The first-order valence-electron chi connectivity index (χ1n) is 9.14. The molecular weight excluding hydrogens is 437 g/mol. The average molecular weight is 453 g/mol. The number of nitrogens with zero attached hydrogens (tertiary/aromatic N) is 5. The maximum absolute atomic E-state index is 13.5. The number of halogens is 5. The van der Waals surface area contributed by atoms with Crippen LogP contribution in [0.25, 0.3) is 10.2 Å². The van der Waals surface area contributed by atoms with E-state index in [1.807, 2.05) is 12.1 Å². The number of hydrogen-bond donors (Lipinski definition) is 0. The van der Waals surface area contributed by atoms with Gasteiger partial charge in [-0.15, -0.1) is 10.2 Å². The molecule has 0 fully saturated rings. The van der Waals surface area contributed by atoms with Crippen molar-refractivity contribution in [3.05, 3.63) is 48.5 Å². The molecule has 3 rings (SSSR count). The van der Waals surface area contributed by atoms with E-state index in [0.717, 1.165) is 0 Å². The fourth-order valence-corrected chi connectivity index (χ4v) is 3.58. The van der Waals surface area contributed by atoms with Gasteiger partial charge in [-0.1, -0.05) is 35.6 Å². The lowest BCUT2D eigenvalue weighted by atomic mass is 10.2. The Labute approximate surface area is 178 Å². The third-order valence-corrected chi connectivity index (χ3v) is 5.24. The van der Waals surface area contributed by atoms with Crippen LogP contribution in [-0.2, 0) is 0 Å². The first-order chi connectivity index (χ1) is 14.7. The predicted octanol–water partition coefficient (Wildman–Crippen LogP) is 7.02. The van der Waals surface area contributed by atoms with Crippen LogP contribution >= 0.6 is 11.3 Å². The molecule has 0 aliphatic heterocycles. The SMILES string of the molecule is N#CCCN(CCC(F)(F)C(F)(F)F)c1cccc2sc(N=Nc3ccccc3)nc12. The Morgan fingerprint density at radius 2 is 1.71 bits per heavy atom. The van der Waals surface area contributed by atoms with Crippen molar-refractivity contribution in [1.82, 2.24) is 4.98 Å². The van der Waals surface area contributed by atoms with Crippen LogP contribution in [0, 0.1) is 11.3 Å². The highest BCUT2D eigenvalue weighted by atomic mass is 32.1. The van der Waals surface area contributed by atoms with Gasteiger partial charge in [-0.2, -0.15) is 27.2 Å². The average Bonchev–Trinajstić information content (AvgIpc) is 3.16. The first-order valence-corrected chi connectivity index (χ1v) is 9.96. The third-order valence-electron chi connectivity index (χ3n) is 4.34. The van der Waals surface area contributed by atoms with E-state index in [-0.39, 0.29) is 13.0 Å². The molecule has 0 N–H and O–H groups in total. The van der Waals surface area contributed by atoms with Crippen molar-refractivity contribution < 1.29 is 22.0 Å². The lowest BCUT2D eigenvalue weighted by Gasteiger charge is -2.27. The number of anilines is 1. The van der Waals surface area contributed by atoms with E-state index in [2.05, 4.69) is 15.2 Å². The summed E-state index contributed by atoms with van der Waals surface area (Å²) in [6, 6.07) is 15.8. The van der Waals surface area contributed by atoms with Crippen LogP contribution in [0.4, 0.5) is 38.5 Å². The van der Waals surface area contributed by atoms with E-state index < -0.39 is 25.1 Å². The summed E-state index contributed by atoms with van der Waals surface area (Å²) in [5, 5.41) is 17.4. The fourth-order valence-electron chi connectivity index (χ4n) is 2.77. The summed E-state index contributed by atoms with van der Waals surface area (Å²) in [6.07, 6.45) is -7.10. The van der Waals surface area contributed by atoms with E-state index in [4.69, 9.17) is 5.26 Å². The fraction of sp³-hybridized carbons (Fsp3) is 0.300. The molecule has 0 amide bonds. The Morgan fingerprint density at radius 3 is 2.39 bits per heavy atom. The molecule has 162 valence electrons. The Bertz CT molecular complexity index is 1090. The van der Waals surface area contributed by atoms with Gasteiger partial charge in [0.05, 0.1) is 28.6 Å². The van der Waals surface area contributed by atoms with Crippen LogP contribution in [0.1, 0.15) is 12.8 Å². The molecule has 0 atom stereocenters. The van der Waals surface area contributed by atoms with Crippen molar-refractivity contribution in [1.29, 1.82) is 5.26 Å². The highest BCUT2D eigenvalue weighted by Gasteiger charge is 2.56. The lowest BCUT2D eigenvalue weighted by molar-refractivity contribution is -0.283. The van der Waals surface area contributed by atoms with E-state index in [1.165, 1.54) is 16.2 Å². The van der Waals surface area contributed by atoms with Gasteiger partial charge in [0.15, 0.2) is 0 Å². The second-order valence-corrected chi connectivity index (χ2v) is 7.51. The molecular formula is C20H16F5N5S.